The van der Waals surface area contributed by atoms with Gasteiger partial charge in [0, 0.05) is 64.3 Å². The minimum Gasteiger partial charge on any atom is -0.354 e. The molecule has 0 unspecified atom stereocenters. The molecule has 9 heteroatoms. The summed E-state index contributed by atoms with van der Waals surface area (Å²) in [5.74, 6) is -0.0286. The molecule has 3 N–H and O–H groups in total. The highest BCUT2D eigenvalue weighted by Gasteiger charge is 2.29. The summed E-state index contributed by atoms with van der Waals surface area (Å²) in [6, 6.07) is 0. The molecule has 4 aliphatic heterocycles. The van der Waals surface area contributed by atoms with E-state index in [1.54, 1.807) is 0 Å². The van der Waals surface area contributed by atoms with Crippen LogP contribution in [0.4, 0.5) is 0 Å². The molecule has 4 saturated heterocycles. The Hall–Kier alpha value is -1.71. The molecule has 4 bridgehead atoms. The second-order valence-corrected chi connectivity index (χ2v) is 7.97. The molecule has 0 saturated carbocycles. The van der Waals surface area contributed by atoms with Crippen LogP contribution in [-0.2, 0) is 14.4 Å². The quantitative estimate of drug-likeness (QED) is 0.431. The van der Waals surface area contributed by atoms with Crippen LogP contribution in [0.5, 0.6) is 0 Å². The second-order valence-electron chi connectivity index (χ2n) is 7.97. The van der Waals surface area contributed by atoms with Gasteiger partial charge in [-0.05, 0) is 0 Å². The predicted octanol–water partition coefficient (Wildman–Crippen LogP) is -2.71. The fourth-order valence-corrected chi connectivity index (χ4v) is 3.56. The highest BCUT2D eigenvalue weighted by Crippen LogP contribution is 2.14. The maximum Gasteiger partial charge on any atom is 0.234 e. The first-order valence-electron chi connectivity index (χ1n) is 9.39. The van der Waals surface area contributed by atoms with Gasteiger partial charge in [-0.15, -0.1) is 0 Å². The van der Waals surface area contributed by atoms with Crippen molar-refractivity contribution in [3.05, 3.63) is 0 Å². The predicted molar refractivity (Wildman–Crippen MR) is 96.5 cm³/mol. The average molecular weight is 366 g/mol. The first kappa shape index (κ1) is 19.1. The van der Waals surface area contributed by atoms with Gasteiger partial charge >= 0.3 is 0 Å². The summed E-state index contributed by atoms with van der Waals surface area (Å²) < 4.78 is 0. The zero-order valence-electron chi connectivity index (χ0n) is 15.6. The molecular weight excluding hydrogens is 336 g/mol. The average Bonchev–Trinajstić information content (AvgIpc) is 2.70. The van der Waals surface area contributed by atoms with E-state index in [9.17, 15) is 14.4 Å². The van der Waals surface area contributed by atoms with E-state index in [2.05, 4.69) is 30.7 Å². The van der Waals surface area contributed by atoms with Gasteiger partial charge in [0.25, 0.3) is 0 Å². The molecule has 0 aliphatic carbocycles. The van der Waals surface area contributed by atoms with E-state index in [1.807, 2.05) is 6.92 Å². The van der Waals surface area contributed by atoms with Crippen LogP contribution in [0.3, 0.4) is 0 Å². The van der Waals surface area contributed by atoms with Crippen LogP contribution in [-0.4, -0.2) is 111 Å². The van der Waals surface area contributed by atoms with Crippen LogP contribution < -0.4 is 16.0 Å². The van der Waals surface area contributed by atoms with Crippen LogP contribution in [0.2, 0.25) is 0 Å². The number of hydrogen-bond acceptors (Lipinski definition) is 6. The fraction of sp³-hybridized carbons (Fsp3) is 0.824. The molecule has 0 aromatic rings. The minimum atomic E-state index is -0.433. The van der Waals surface area contributed by atoms with Gasteiger partial charge < -0.3 is 16.0 Å². The van der Waals surface area contributed by atoms with Crippen molar-refractivity contribution in [1.29, 1.82) is 0 Å². The van der Waals surface area contributed by atoms with Crippen LogP contribution in [0.25, 0.3) is 0 Å². The highest BCUT2D eigenvalue weighted by molar-refractivity contribution is 5.79. The fourth-order valence-electron chi connectivity index (χ4n) is 3.56. The molecule has 0 spiro atoms. The Morgan fingerprint density at radius 1 is 0.615 bits per heavy atom. The number of carbonyl (C=O) groups excluding carboxylic acids is 3. The van der Waals surface area contributed by atoms with Gasteiger partial charge in [-0.1, -0.05) is 6.92 Å². The first-order chi connectivity index (χ1) is 12.4. The summed E-state index contributed by atoms with van der Waals surface area (Å²) >= 11 is 0. The lowest BCUT2D eigenvalue weighted by Crippen LogP contribution is -2.51. The van der Waals surface area contributed by atoms with Gasteiger partial charge in [0.05, 0.1) is 19.6 Å². The Morgan fingerprint density at radius 2 is 0.885 bits per heavy atom. The van der Waals surface area contributed by atoms with Crippen molar-refractivity contribution in [3.8, 4) is 0 Å². The third kappa shape index (κ3) is 5.39. The summed E-state index contributed by atoms with van der Waals surface area (Å²) in [5.41, 5.74) is -0.433. The Morgan fingerprint density at radius 3 is 1.15 bits per heavy atom. The van der Waals surface area contributed by atoms with E-state index in [4.69, 9.17) is 0 Å². The largest absolute Gasteiger partial charge is 0.354 e. The standard InChI is InChI=1S/C17H30N6O3/c1-17-11-18-14(24)8-21-2-3-22(9-15(25)19-12-17)6-7-23(5-4-21)10-16(26)20-13-17/h2-13H2,1H3,(H,18,24)(H,19,25)(H,20,26). The monoisotopic (exact) mass is 366 g/mol. The van der Waals surface area contributed by atoms with Gasteiger partial charge in [0.15, 0.2) is 0 Å². The summed E-state index contributed by atoms with van der Waals surface area (Å²) in [4.78, 5) is 43.6. The second kappa shape index (κ2) is 8.32. The Kier molecular flexibility index (Phi) is 6.10. The normalized spacial score (nSPS) is 37.3. The Bertz CT molecular complexity index is 469. The molecule has 0 atom stereocenters. The molecular formula is C17H30N6O3. The number of fused-ring (bicyclic) bond motifs is 12. The number of nitrogens with one attached hydrogen (secondary N) is 3. The van der Waals surface area contributed by atoms with Crippen molar-refractivity contribution in [3.63, 3.8) is 0 Å². The number of nitrogens with zero attached hydrogens (tertiary/aromatic N) is 3. The van der Waals surface area contributed by atoms with E-state index in [0.717, 1.165) is 39.3 Å². The van der Waals surface area contributed by atoms with E-state index < -0.39 is 5.41 Å². The van der Waals surface area contributed by atoms with Crippen LogP contribution >= 0.6 is 0 Å². The third-order valence-electron chi connectivity index (χ3n) is 5.44. The van der Waals surface area contributed by atoms with Crippen molar-refractivity contribution in [2.75, 3.05) is 78.5 Å². The molecule has 4 aliphatic rings. The van der Waals surface area contributed by atoms with Crippen molar-refractivity contribution >= 4 is 17.7 Å². The number of hydrogen-bond donors (Lipinski definition) is 3. The van der Waals surface area contributed by atoms with Crippen LogP contribution in [0.15, 0.2) is 0 Å². The molecule has 9 nitrogen and oxygen atoms in total. The third-order valence-corrected chi connectivity index (χ3v) is 5.44. The molecule has 4 fully saturated rings. The van der Waals surface area contributed by atoms with Gasteiger partial charge in [0.2, 0.25) is 17.7 Å². The van der Waals surface area contributed by atoms with E-state index in [1.165, 1.54) is 0 Å². The lowest BCUT2D eigenvalue weighted by Gasteiger charge is -2.30. The summed E-state index contributed by atoms with van der Waals surface area (Å²) in [5, 5.41) is 8.96. The van der Waals surface area contributed by atoms with Gasteiger partial charge in [0.1, 0.15) is 0 Å². The van der Waals surface area contributed by atoms with Crippen molar-refractivity contribution < 1.29 is 14.4 Å². The van der Waals surface area contributed by atoms with Crippen LogP contribution in [0.1, 0.15) is 6.92 Å². The smallest absolute Gasteiger partial charge is 0.234 e. The topological polar surface area (TPSA) is 97.0 Å². The molecule has 3 amide bonds. The molecule has 0 aromatic heterocycles. The summed E-state index contributed by atoms with van der Waals surface area (Å²) in [6.45, 7) is 8.65. The number of carbonyl (C=O) groups is 3. The number of amides is 3. The summed E-state index contributed by atoms with van der Waals surface area (Å²) in [7, 11) is 0. The van der Waals surface area contributed by atoms with Gasteiger partial charge in [-0.2, -0.15) is 0 Å². The maximum atomic E-state index is 12.4. The minimum absolute atomic E-state index is 0.00952. The molecule has 4 heterocycles. The van der Waals surface area contributed by atoms with Crippen molar-refractivity contribution in [2.24, 2.45) is 5.41 Å². The molecule has 146 valence electrons. The van der Waals surface area contributed by atoms with E-state index in [-0.39, 0.29) is 17.7 Å². The van der Waals surface area contributed by atoms with Crippen LogP contribution in [0, 0.1) is 5.41 Å². The SMILES string of the molecule is CC12CNC(=O)CN3CCN(CCN(CC3)CC(=O)NC1)CC(=O)NC2. The number of rotatable bonds is 0. The van der Waals surface area contributed by atoms with Gasteiger partial charge in [-0.25, -0.2) is 0 Å². The van der Waals surface area contributed by atoms with E-state index in [0.29, 0.717) is 39.3 Å². The van der Waals surface area contributed by atoms with E-state index >= 15 is 0 Å². The zero-order valence-corrected chi connectivity index (χ0v) is 15.6. The van der Waals surface area contributed by atoms with Gasteiger partial charge in [-0.3, -0.25) is 29.1 Å². The van der Waals surface area contributed by atoms with Crippen molar-refractivity contribution in [2.45, 2.75) is 6.92 Å². The molecule has 4 rings (SSSR count). The molecule has 0 aromatic carbocycles. The summed E-state index contributed by atoms with van der Waals surface area (Å²) in [6.07, 6.45) is 0. The zero-order chi connectivity index (χ0) is 18.6. The molecule has 26 heavy (non-hydrogen) atoms. The lowest BCUT2D eigenvalue weighted by atomic mass is 9.90. The lowest BCUT2D eigenvalue weighted by molar-refractivity contribution is -0.123. The van der Waals surface area contributed by atoms with Crippen molar-refractivity contribution in [1.82, 2.24) is 30.7 Å². The first-order valence-corrected chi connectivity index (χ1v) is 9.39. The maximum absolute atomic E-state index is 12.4. The highest BCUT2D eigenvalue weighted by atomic mass is 16.2. The Balaban J connectivity index is 1.91. The molecule has 0 radical (unpaired) electrons. The Labute approximate surface area is 154 Å².